The lowest BCUT2D eigenvalue weighted by molar-refractivity contribution is 0.0521. The van der Waals surface area contributed by atoms with Crippen LogP contribution < -0.4 is 5.32 Å². The number of cyclic esters (lactones) is 1. The molecule has 0 aliphatic carbocycles. The van der Waals surface area contributed by atoms with Crippen LogP contribution >= 0.6 is 10.5 Å². The van der Waals surface area contributed by atoms with Crippen molar-refractivity contribution in [3.63, 3.8) is 0 Å². The van der Waals surface area contributed by atoms with E-state index in [1.54, 1.807) is 0 Å². The number of carbonyl (C=O) groups is 1. The minimum Gasteiger partial charge on any atom is -0.443 e. The lowest BCUT2D eigenvalue weighted by Gasteiger charge is -2.12. The SMILES string of the molecule is O=C1OC(S2=CCNC2)c2ccccc21. The molecular formula is C11H11NO2S. The summed E-state index contributed by atoms with van der Waals surface area (Å²) in [6, 6.07) is 7.66. The van der Waals surface area contributed by atoms with Gasteiger partial charge in [-0.15, -0.1) is 10.5 Å². The van der Waals surface area contributed by atoms with Gasteiger partial charge in [-0.05, 0) is 11.4 Å². The molecule has 2 heterocycles. The summed E-state index contributed by atoms with van der Waals surface area (Å²) in [5.41, 5.74) is 1.73. The first-order valence-corrected chi connectivity index (χ1v) is 6.41. The van der Waals surface area contributed by atoms with Gasteiger partial charge in [-0.1, -0.05) is 18.2 Å². The molecule has 0 saturated carbocycles. The monoisotopic (exact) mass is 221 g/mol. The fourth-order valence-electron chi connectivity index (χ4n) is 1.90. The van der Waals surface area contributed by atoms with Gasteiger partial charge in [0.05, 0.1) is 5.56 Å². The number of ether oxygens (including phenoxy) is 1. The van der Waals surface area contributed by atoms with E-state index < -0.39 is 0 Å². The summed E-state index contributed by atoms with van der Waals surface area (Å²) in [6.07, 6.45) is 0. The summed E-state index contributed by atoms with van der Waals surface area (Å²) < 4.78 is 5.42. The largest absolute Gasteiger partial charge is 0.443 e. The fourth-order valence-corrected chi connectivity index (χ4v) is 3.77. The summed E-state index contributed by atoms with van der Waals surface area (Å²) in [5, 5.41) is 5.47. The highest BCUT2D eigenvalue weighted by Gasteiger charge is 2.32. The van der Waals surface area contributed by atoms with Gasteiger partial charge in [-0.3, -0.25) is 0 Å². The standard InChI is InChI=1S/C11H11NO2S/c13-10-8-3-1-2-4-9(8)11(14-10)15-6-5-12-7-15/h1-4,6,11-12H,5,7H2. The van der Waals surface area contributed by atoms with E-state index in [0.29, 0.717) is 0 Å². The molecule has 1 N–H and O–H groups in total. The second kappa shape index (κ2) is 3.47. The number of fused-ring (bicyclic) bond motifs is 1. The predicted molar refractivity (Wildman–Crippen MR) is 61.1 cm³/mol. The predicted octanol–water partition coefficient (Wildman–Crippen LogP) is 1.49. The summed E-state index contributed by atoms with van der Waals surface area (Å²) in [4.78, 5) is 11.6. The van der Waals surface area contributed by atoms with Crippen LogP contribution in [-0.2, 0) is 4.74 Å². The highest BCUT2D eigenvalue weighted by molar-refractivity contribution is 8.15. The van der Waals surface area contributed by atoms with Crippen LogP contribution in [-0.4, -0.2) is 23.8 Å². The Bertz CT molecular complexity index is 456. The quantitative estimate of drug-likeness (QED) is 0.576. The van der Waals surface area contributed by atoms with E-state index in [2.05, 4.69) is 10.7 Å². The van der Waals surface area contributed by atoms with E-state index in [1.165, 1.54) is 0 Å². The van der Waals surface area contributed by atoms with E-state index in [9.17, 15) is 4.79 Å². The van der Waals surface area contributed by atoms with E-state index >= 15 is 0 Å². The van der Waals surface area contributed by atoms with Gasteiger partial charge >= 0.3 is 5.97 Å². The van der Waals surface area contributed by atoms with Crippen LogP contribution in [0.1, 0.15) is 21.4 Å². The van der Waals surface area contributed by atoms with Crippen molar-refractivity contribution in [2.24, 2.45) is 0 Å². The summed E-state index contributed by atoms with van der Waals surface area (Å²) in [7, 11) is 0.0361. The zero-order valence-corrected chi connectivity index (χ0v) is 8.92. The zero-order valence-electron chi connectivity index (χ0n) is 8.10. The zero-order chi connectivity index (χ0) is 10.3. The smallest absolute Gasteiger partial charge is 0.340 e. The molecular weight excluding hydrogens is 210 g/mol. The molecule has 0 saturated heterocycles. The van der Waals surface area contributed by atoms with Crippen LogP contribution in [0, 0.1) is 0 Å². The first kappa shape index (κ1) is 9.12. The minimum absolute atomic E-state index is 0.0361. The van der Waals surface area contributed by atoms with Crippen LogP contribution in [0.4, 0.5) is 0 Å². The average Bonchev–Trinajstić information content (AvgIpc) is 2.87. The molecule has 3 nitrogen and oxygen atoms in total. The average molecular weight is 221 g/mol. The van der Waals surface area contributed by atoms with Gasteiger partial charge in [0, 0.05) is 18.0 Å². The first-order chi connectivity index (χ1) is 7.36. The van der Waals surface area contributed by atoms with Gasteiger partial charge in [0.2, 0.25) is 0 Å². The molecule has 15 heavy (non-hydrogen) atoms. The summed E-state index contributed by atoms with van der Waals surface area (Å²) in [6.45, 7) is 0.916. The second-order valence-electron chi connectivity index (χ2n) is 3.56. The van der Waals surface area contributed by atoms with Gasteiger partial charge in [-0.25, -0.2) is 4.79 Å². The highest BCUT2D eigenvalue weighted by Crippen LogP contribution is 2.43. The molecule has 0 fully saturated rings. The Labute approximate surface area is 90.4 Å². The van der Waals surface area contributed by atoms with E-state index in [4.69, 9.17) is 4.74 Å². The van der Waals surface area contributed by atoms with Crippen molar-refractivity contribution in [2.45, 2.75) is 5.44 Å². The lowest BCUT2D eigenvalue weighted by Crippen LogP contribution is -2.08. The number of benzene rings is 1. The maximum Gasteiger partial charge on any atom is 0.340 e. The fraction of sp³-hybridized carbons (Fsp3) is 0.273. The molecule has 2 aliphatic heterocycles. The molecule has 1 aromatic rings. The summed E-state index contributed by atoms with van der Waals surface area (Å²) in [5.74, 6) is 0.745. The number of carbonyl (C=O) groups excluding carboxylic acids is 1. The molecule has 0 amide bonds. The number of hydrogen-bond acceptors (Lipinski definition) is 3. The molecule has 0 bridgehead atoms. The Balaban J connectivity index is 2.04. The highest BCUT2D eigenvalue weighted by atomic mass is 32.2. The maximum absolute atomic E-state index is 11.6. The molecule has 78 valence electrons. The lowest BCUT2D eigenvalue weighted by atomic mass is 10.1. The van der Waals surface area contributed by atoms with Crippen LogP contribution in [0.15, 0.2) is 24.3 Å². The maximum atomic E-state index is 11.6. The van der Waals surface area contributed by atoms with Crippen LogP contribution in [0.5, 0.6) is 0 Å². The van der Waals surface area contributed by atoms with Gasteiger partial charge < -0.3 is 10.1 Å². The molecule has 3 rings (SSSR count). The Morgan fingerprint density at radius 1 is 1.40 bits per heavy atom. The molecule has 1 aromatic carbocycles. The van der Waals surface area contributed by atoms with Gasteiger partial charge in [0.25, 0.3) is 0 Å². The normalized spacial score (nSPS) is 28.4. The van der Waals surface area contributed by atoms with Gasteiger partial charge in [0.15, 0.2) is 5.44 Å². The van der Waals surface area contributed by atoms with Crippen molar-refractivity contribution in [3.8, 4) is 0 Å². The van der Waals surface area contributed by atoms with E-state index in [0.717, 1.165) is 23.5 Å². The van der Waals surface area contributed by atoms with Crippen molar-refractivity contribution >= 4 is 21.8 Å². The first-order valence-electron chi connectivity index (χ1n) is 4.89. The van der Waals surface area contributed by atoms with Crippen molar-refractivity contribution < 1.29 is 9.53 Å². The van der Waals surface area contributed by atoms with E-state index in [-0.39, 0.29) is 21.9 Å². The van der Waals surface area contributed by atoms with Crippen LogP contribution in [0.2, 0.25) is 0 Å². The number of rotatable bonds is 1. The Kier molecular flexibility index (Phi) is 2.11. The molecule has 0 aromatic heterocycles. The van der Waals surface area contributed by atoms with Crippen LogP contribution in [0.25, 0.3) is 0 Å². The molecule has 2 unspecified atom stereocenters. The second-order valence-corrected chi connectivity index (χ2v) is 5.55. The number of esters is 1. The van der Waals surface area contributed by atoms with Crippen molar-refractivity contribution in [2.75, 3.05) is 12.4 Å². The molecule has 2 aliphatic rings. The third kappa shape index (κ3) is 1.41. The van der Waals surface area contributed by atoms with Gasteiger partial charge in [0.1, 0.15) is 0 Å². The van der Waals surface area contributed by atoms with Crippen LogP contribution in [0.3, 0.4) is 0 Å². The minimum atomic E-state index is -0.177. The van der Waals surface area contributed by atoms with Crippen molar-refractivity contribution in [1.29, 1.82) is 0 Å². The number of nitrogens with one attached hydrogen (secondary N) is 1. The van der Waals surface area contributed by atoms with E-state index in [1.807, 2.05) is 24.3 Å². The topological polar surface area (TPSA) is 38.3 Å². The van der Waals surface area contributed by atoms with Crippen molar-refractivity contribution in [3.05, 3.63) is 35.4 Å². The third-order valence-electron chi connectivity index (χ3n) is 2.63. The van der Waals surface area contributed by atoms with Crippen molar-refractivity contribution in [1.82, 2.24) is 5.32 Å². The van der Waals surface area contributed by atoms with Gasteiger partial charge in [-0.2, -0.15) is 0 Å². The molecule has 0 radical (unpaired) electrons. The molecule has 2 atom stereocenters. The molecule has 0 spiro atoms. The third-order valence-corrected chi connectivity index (χ3v) is 4.67. The Morgan fingerprint density at radius 3 is 3.07 bits per heavy atom. The molecule has 4 heteroatoms. The number of hydrogen-bond donors (Lipinski definition) is 1. The Morgan fingerprint density at radius 2 is 2.27 bits per heavy atom. The Hall–Kier alpha value is -1.13. The summed E-state index contributed by atoms with van der Waals surface area (Å²) >= 11 is 0.